The number of nitrogens with zero attached hydrogens (tertiary/aromatic N) is 1. The third kappa shape index (κ3) is 3.70. The van der Waals surface area contributed by atoms with E-state index in [-0.39, 0.29) is 23.9 Å². The Kier molecular flexibility index (Phi) is 5.72. The van der Waals surface area contributed by atoms with Gasteiger partial charge in [-0.3, -0.25) is 4.90 Å². The summed E-state index contributed by atoms with van der Waals surface area (Å²) in [6.07, 6.45) is 1.67. The van der Waals surface area contributed by atoms with Gasteiger partial charge in [0.2, 0.25) is 0 Å². The van der Waals surface area contributed by atoms with Crippen LogP contribution < -0.4 is 0 Å². The minimum Gasteiger partial charge on any atom is -0.508 e. The van der Waals surface area contributed by atoms with Gasteiger partial charge in [-0.05, 0) is 58.6 Å². The zero-order valence-electron chi connectivity index (χ0n) is 15.9. The SMILES string of the molecule is Oc1ccc(Br)c(F)c1CN1CCC[C@@H]1C(O)(c1ccccc1)c1ccccc1. The number of phenols is 1. The van der Waals surface area contributed by atoms with E-state index < -0.39 is 11.4 Å². The lowest BCUT2D eigenvalue weighted by molar-refractivity contribution is -0.00704. The van der Waals surface area contributed by atoms with Crippen molar-refractivity contribution in [2.75, 3.05) is 6.54 Å². The van der Waals surface area contributed by atoms with E-state index >= 15 is 0 Å². The van der Waals surface area contributed by atoms with Crippen LogP contribution >= 0.6 is 15.9 Å². The minimum atomic E-state index is -1.24. The molecule has 0 aromatic heterocycles. The van der Waals surface area contributed by atoms with Crippen LogP contribution in [-0.4, -0.2) is 27.7 Å². The van der Waals surface area contributed by atoms with E-state index in [1.165, 1.54) is 12.1 Å². The molecule has 1 heterocycles. The van der Waals surface area contributed by atoms with Gasteiger partial charge in [-0.1, -0.05) is 60.7 Å². The Hall–Kier alpha value is -2.21. The first-order chi connectivity index (χ1) is 14.0. The van der Waals surface area contributed by atoms with Crippen LogP contribution in [0.15, 0.2) is 77.3 Å². The van der Waals surface area contributed by atoms with Gasteiger partial charge in [0.1, 0.15) is 17.2 Å². The summed E-state index contributed by atoms with van der Waals surface area (Å²) in [5, 5.41) is 22.3. The normalized spacial score (nSPS) is 17.6. The third-order valence-electron chi connectivity index (χ3n) is 5.81. The molecule has 3 nitrogen and oxygen atoms in total. The molecule has 5 heteroatoms. The summed E-state index contributed by atoms with van der Waals surface area (Å²) in [6, 6.07) is 22.0. The Balaban J connectivity index is 1.76. The molecule has 1 aliphatic rings. The average Bonchev–Trinajstić information content (AvgIpc) is 3.23. The topological polar surface area (TPSA) is 43.7 Å². The Morgan fingerprint density at radius 1 is 0.966 bits per heavy atom. The zero-order chi connectivity index (χ0) is 20.4. The maximum atomic E-state index is 14.7. The predicted molar refractivity (Wildman–Crippen MR) is 115 cm³/mol. The fraction of sp³-hybridized carbons (Fsp3) is 0.250. The number of likely N-dealkylation sites (tertiary alicyclic amines) is 1. The van der Waals surface area contributed by atoms with Gasteiger partial charge in [0.25, 0.3) is 0 Å². The summed E-state index contributed by atoms with van der Waals surface area (Å²) >= 11 is 3.20. The Bertz CT molecular complexity index is 941. The minimum absolute atomic E-state index is 0.0701. The highest BCUT2D eigenvalue weighted by Crippen LogP contribution is 2.41. The van der Waals surface area contributed by atoms with E-state index in [1.54, 1.807) is 0 Å². The molecule has 1 saturated heterocycles. The van der Waals surface area contributed by atoms with Crippen LogP contribution in [0.1, 0.15) is 29.5 Å². The summed E-state index contributed by atoms with van der Waals surface area (Å²) in [6.45, 7) is 0.946. The van der Waals surface area contributed by atoms with Crippen molar-refractivity contribution in [1.29, 1.82) is 0 Å². The molecule has 0 radical (unpaired) electrons. The number of phenolic OH excluding ortho intramolecular Hbond substituents is 1. The van der Waals surface area contributed by atoms with Crippen LogP contribution in [0, 0.1) is 5.82 Å². The predicted octanol–water partition coefficient (Wildman–Crippen LogP) is 5.19. The van der Waals surface area contributed by atoms with Gasteiger partial charge in [0, 0.05) is 18.2 Å². The summed E-state index contributed by atoms with van der Waals surface area (Å²) < 4.78 is 15.0. The van der Waals surface area contributed by atoms with Crippen LogP contribution in [0.4, 0.5) is 4.39 Å². The fourth-order valence-corrected chi connectivity index (χ4v) is 4.73. The summed E-state index contributed by atoms with van der Waals surface area (Å²) in [5.74, 6) is -0.530. The van der Waals surface area contributed by atoms with Crippen LogP contribution in [0.25, 0.3) is 0 Å². The number of hydrogen-bond donors (Lipinski definition) is 2. The Morgan fingerprint density at radius 2 is 1.55 bits per heavy atom. The number of rotatable bonds is 5. The Morgan fingerprint density at radius 3 is 2.14 bits per heavy atom. The molecule has 1 atom stereocenters. The summed E-state index contributed by atoms with van der Waals surface area (Å²) in [5.41, 5.74) is 0.621. The smallest absolute Gasteiger partial charge is 0.145 e. The number of halogens is 2. The number of aliphatic hydroxyl groups is 1. The van der Waals surface area contributed by atoms with Crippen molar-refractivity contribution in [1.82, 2.24) is 4.90 Å². The van der Waals surface area contributed by atoms with Crippen molar-refractivity contribution in [3.8, 4) is 5.75 Å². The van der Waals surface area contributed by atoms with E-state index in [1.807, 2.05) is 60.7 Å². The van der Waals surface area contributed by atoms with Gasteiger partial charge in [-0.15, -0.1) is 0 Å². The second-order valence-electron chi connectivity index (χ2n) is 7.49. The summed E-state index contributed by atoms with van der Waals surface area (Å²) in [4.78, 5) is 2.07. The first-order valence-electron chi connectivity index (χ1n) is 9.75. The standard InChI is InChI=1S/C24H23BrFNO2/c25-20-13-14-21(28)19(23(20)26)16-27-15-7-12-22(27)24(29,17-8-3-1-4-9-17)18-10-5-2-6-11-18/h1-6,8-11,13-14,22,28-29H,7,12,15-16H2/t22-/m1/s1. The molecule has 1 fully saturated rings. The van der Waals surface area contributed by atoms with Crippen LogP contribution in [-0.2, 0) is 12.1 Å². The van der Waals surface area contributed by atoms with Gasteiger partial charge >= 0.3 is 0 Å². The molecular weight excluding hydrogens is 433 g/mol. The molecule has 0 aliphatic carbocycles. The van der Waals surface area contributed by atoms with E-state index in [0.717, 1.165) is 30.5 Å². The maximum Gasteiger partial charge on any atom is 0.145 e. The Labute approximate surface area is 178 Å². The molecule has 0 unspecified atom stereocenters. The monoisotopic (exact) mass is 455 g/mol. The van der Waals surface area contributed by atoms with E-state index in [0.29, 0.717) is 4.47 Å². The molecule has 0 spiro atoms. The van der Waals surface area contributed by atoms with Crippen molar-refractivity contribution >= 4 is 15.9 Å². The van der Waals surface area contributed by atoms with Crippen molar-refractivity contribution in [3.05, 3.63) is 99.8 Å². The maximum absolute atomic E-state index is 14.7. The van der Waals surface area contributed by atoms with Crippen molar-refractivity contribution in [2.24, 2.45) is 0 Å². The number of aromatic hydroxyl groups is 1. The second-order valence-corrected chi connectivity index (χ2v) is 8.34. The van der Waals surface area contributed by atoms with Crippen molar-refractivity contribution in [3.63, 3.8) is 0 Å². The van der Waals surface area contributed by atoms with Crippen LogP contribution in [0.5, 0.6) is 5.75 Å². The molecule has 3 aromatic carbocycles. The highest BCUT2D eigenvalue weighted by atomic mass is 79.9. The first-order valence-corrected chi connectivity index (χ1v) is 10.5. The average molecular weight is 456 g/mol. The largest absolute Gasteiger partial charge is 0.508 e. The molecule has 0 saturated carbocycles. The molecule has 29 heavy (non-hydrogen) atoms. The lowest BCUT2D eigenvalue weighted by Crippen LogP contribution is -2.48. The van der Waals surface area contributed by atoms with Crippen LogP contribution in [0.2, 0.25) is 0 Å². The van der Waals surface area contributed by atoms with E-state index in [9.17, 15) is 14.6 Å². The first kappa shape index (κ1) is 20.1. The second kappa shape index (κ2) is 8.27. The molecule has 0 bridgehead atoms. The lowest BCUT2D eigenvalue weighted by Gasteiger charge is -2.40. The highest BCUT2D eigenvalue weighted by molar-refractivity contribution is 9.10. The van der Waals surface area contributed by atoms with Gasteiger partial charge in [-0.25, -0.2) is 4.39 Å². The summed E-state index contributed by atoms with van der Waals surface area (Å²) in [7, 11) is 0. The molecule has 3 aromatic rings. The molecule has 150 valence electrons. The third-order valence-corrected chi connectivity index (χ3v) is 6.42. The molecule has 2 N–H and O–H groups in total. The molecule has 1 aliphatic heterocycles. The van der Waals surface area contributed by atoms with E-state index in [2.05, 4.69) is 20.8 Å². The van der Waals surface area contributed by atoms with Gasteiger partial charge < -0.3 is 10.2 Å². The molecule has 0 amide bonds. The van der Waals surface area contributed by atoms with Crippen LogP contribution in [0.3, 0.4) is 0 Å². The van der Waals surface area contributed by atoms with E-state index in [4.69, 9.17) is 0 Å². The van der Waals surface area contributed by atoms with Gasteiger partial charge in [-0.2, -0.15) is 0 Å². The highest BCUT2D eigenvalue weighted by Gasteiger charge is 2.45. The fourth-order valence-electron chi connectivity index (χ4n) is 4.36. The lowest BCUT2D eigenvalue weighted by atomic mass is 9.79. The molecule has 4 rings (SSSR count). The zero-order valence-corrected chi connectivity index (χ0v) is 17.5. The van der Waals surface area contributed by atoms with Crippen molar-refractivity contribution < 1.29 is 14.6 Å². The quantitative estimate of drug-likeness (QED) is 0.555. The number of hydrogen-bond acceptors (Lipinski definition) is 3. The van der Waals surface area contributed by atoms with Gasteiger partial charge in [0.05, 0.1) is 4.47 Å². The van der Waals surface area contributed by atoms with Gasteiger partial charge in [0.15, 0.2) is 0 Å². The molecular formula is C24H23BrFNO2. The van der Waals surface area contributed by atoms with Crippen molar-refractivity contribution in [2.45, 2.75) is 31.0 Å². The number of benzene rings is 3.